The number of benzene rings is 1. The summed E-state index contributed by atoms with van der Waals surface area (Å²) in [4.78, 5) is 21.8. The van der Waals surface area contributed by atoms with E-state index in [1.54, 1.807) is 12.4 Å². The Bertz CT molecular complexity index is 864. The van der Waals surface area contributed by atoms with Crippen molar-refractivity contribution in [3.8, 4) is 10.6 Å². The summed E-state index contributed by atoms with van der Waals surface area (Å²) in [6, 6.07) is 11.1. The first-order valence-corrected chi connectivity index (χ1v) is 8.68. The molecule has 0 saturated heterocycles. The minimum absolute atomic E-state index is 0.123. The van der Waals surface area contributed by atoms with Gasteiger partial charge in [0.1, 0.15) is 9.88 Å². The normalized spacial score (nSPS) is 12.0. The van der Waals surface area contributed by atoms with Gasteiger partial charge < -0.3 is 5.32 Å². The molecule has 4 nitrogen and oxygen atoms in total. The Balaban J connectivity index is 1.81. The number of hydrogen-bond acceptors (Lipinski definition) is 4. The molecule has 3 aromatic rings. The third-order valence-corrected chi connectivity index (χ3v) is 5.05. The predicted octanol–water partition coefficient (Wildman–Crippen LogP) is 4.66. The van der Waals surface area contributed by atoms with Crippen LogP contribution in [0.4, 0.5) is 0 Å². The largest absolute Gasteiger partial charge is 0.345 e. The van der Waals surface area contributed by atoms with Crippen LogP contribution in [0, 0.1) is 6.92 Å². The van der Waals surface area contributed by atoms with E-state index in [-0.39, 0.29) is 11.9 Å². The van der Waals surface area contributed by atoms with Gasteiger partial charge in [0.2, 0.25) is 0 Å². The highest BCUT2D eigenvalue weighted by Gasteiger charge is 2.18. The maximum Gasteiger partial charge on any atom is 0.263 e. The van der Waals surface area contributed by atoms with Crippen molar-refractivity contribution in [3.05, 3.63) is 69.9 Å². The standard InChI is InChI=1S/C18H16ClN3OS/c1-11(14-6-4-8-20-10-14)21-17(23)16-12(2)22-18(24-16)13-5-3-7-15(19)9-13/h3-11H,1-2H3,(H,21,23). The highest BCUT2D eigenvalue weighted by Crippen LogP contribution is 2.29. The molecule has 0 saturated carbocycles. The molecule has 122 valence electrons. The van der Waals surface area contributed by atoms with Crippen molar-refractivity contribution in [3.63, 3.8) is 0 Å². The molecule has 6 heteroatoms. The number of carbonyl (C=O) groups is 1. The fourth-order valence-electron chi connectivity index (χ4n) is 2.33. The lowest BCUT2D eigenvalue weighted by Gasteiger charge is -2.13. The van der Waals surface area contributed by atoms with E-state index in [2.05, 4.69) is 15.3 Å². The second-order valence-corrected chi connectivity index (χ2v) is 6.86. The van der Waals surface area contributed by atoms with Crippen molar-refractivity contribution in [2.24, 2.45) is 0 Å². The van der Waals surface area contributed by atoms with Crippen LogP contribution in [0.25, 0.3) is 10.6 Å². The highest BCUT2D eigenvalue weighted by molar-refractivity contribution is 7.17. The third-order valence-electron chi connectivity index (χ3n) is 3.61. The average Bonchev–Trinajstić information content (AvgIpc) is 2.97. The van der Waals surface area contributed by atoms with Crippen LogP contribution in [0.3, 0.4) is 0 Å². The van der Waals surface area contributed by atoms with Crippen molar-refractivity contribution in [2.45, 2.75) is 19.9 Å². The minimum atomic E-state index is -0.130. The summed E-state index contributed by atoms with van der Waals surface area (Å²) in [5.41, 5.74) is 2.59. The Kier molecular flexibility index (Phi) is 4.92. The van der Waals surface area contributed by atoms with E-state index in [1.165, 1.54) is 11.3 Å². The molecule has 1 atom stereocenters. The molecule has 1 N–H and O–H groups in total. The molecule has 2 aromatic heterocycles. The van der Waals surface area contributed by atoms with Crippen LogP contribution in [-0.4, -0.2) is 15.9 Å². The Labute approximate surface area is 149 Å². The number of amides is 1. The van der Waals surface area contributed by atoms with E-state index in [4.69, 9.17) is 11.6 Å². The number of aromatic nitrogens is 2. The lowest BCUT2D eigenvalue weighted by atomic mass is 10.1. The second kappa shape index (κ2) is 7.11. The number of thiazole rings is 1. The first kappa shape index (κ1) is 16.6. The summed E-state index contributed by atoms with van der Waals surface area (Å²) in [5, 5.41) is 4.43. The fraction of sp³-hybridized carbons (Fsp3) is 0.167. The number of pyridine rings is 1. The van der Waals surface area contributed by atoms with E-state index < -0.39 is 0 Å². The van der Waals surface area contributed by atoms with Crippen LogP contribution < -0.4 is 5.32 Å². The van der Waals surface area contributed by atoms with Crippen LogP contribution >= 0.6 is 22.9 Å². The van der Waals surface area contributed by atoms with Crippen LogP contribution in [0.1, 0.15) is 33.9 Å². The van der Waals surface area contributed by atoms with Crippen LogP contribution in [0.15, 0.2) is 48.8 Å². The van der Waals surface area contributed by atoms with Crippen molar-refractivity contribution in [2.75, 3.05) is 0 Å². The molecule has 0 fully saturated rings. The lowest BCUT2D eigenvalue weighted by Crippen LogP contribution is -2.26. The molecular formula is C18H16ClN3OS. The van der Waals surface area contributed by atoms with Gasteiger partial charge in [-0.25, -0.2) is 4.98 Å². The van der Waals surface area contributed by atoms with Gasteiger partial charge in [0, 0.05) is 23.0 Å². The molecular weight excluding hydrogens is 342 g/mol. The Morgan fingerprint density at radius 2 is 2.12 bits per heavy atom. The van der Waals surface area contributed by atoms with E-state index in [9.17, 15) is 4.79 Å². The molecule has 0 spiro atoms. The van der Waals surface area contributed by atoms with Gasteiger partial charge >= 0.3 is 0 Å². The molecule has 3 rings (SSSR count). The molecule has 0 bridgehead atoms. The number of halogens is 1. The number of nitrogens with one attached hydrogen (secondary N) is 1. The number of carbonyl (C=O) groups excluding carboxylic acids is 1. The van der Waals surface area contributed by atoms with Crippen molar-refractivity contribution in [1.82, 2.24) is 15.3 Å². The summed E-state index contributed by atoms with van der Waals surface area (Å²) in [5.74, 6) is -0.130. The van der Waals surface area contributed by atoms with Crippen molar-refractivity contribution in [1.29, 1.82) is 0 Å². The van der Waals surface area contributed by atoms with Gasteiger partial charge in [-0.2, -0.15) is 0 Å². The van der Waals surface area contributed by atoms with Crippen LogP contribution in [0.2, 0.25) is 5.02 Å². The summed E-state index contributed by atoms with van der Waals surface area (Å²) in [7, 11) is 0. The van der Waals surface area contributed by atoms with Gasteiger partial charge in [-0.1, -0.05) is 29.8 Å². The molecule has 1 amide bonds. The Morgan fingerprint density at radius 3 is 2.83 bits per heavy atom. The topological polar surface area (TPSA) is 54.9 Å². The zero-order chi connectivity index (χ0) is 17.1. The van der Waals surface area contributed by atoms with Gasteiger partial charge in [-0.3, -0.25) is 9.78 Å². The van der Waals surface area contributed by atoms with E-state index in [0.29, 0.717) is 15.6 Å². The van der Waals surface area contributed by atoms with Crippen LogP contribution in [-0.2, 0) is 0 Å². The summed E-state index contributed by atoms with van der Waals surface area (Å²) in [6.07, 6.45) is 3.46. The SMILES string of the molecule is Cc1nc(-c2cccc(Cl)c2)sc1C(=O)NC(C)c1cccnc1. The quantitative estimate of drug-likeness (QED) is 0.738. The molecule has 0 aliphatic rings. The Hall–Kier alpha value is -2.24. The zero-order valence-electron chi connectivity index (χ0n) is 13.3. The molecule has 1 aromatic carbocycles. The summed E-state index contributed by atoms with van der Waals surface area (Å²) >= 11 is 7.40. The van der Waals surface area contributed by atoms with Gasteiger partial charge in [-0.15, -0.1) is 11.3 Å². The highest BCUT2D eigenvalue weighted by atomic mass is 35.5. The molecule has 24 heavy (non-hydrogen) atoms. The molecule has 0 radical (unpaired) electrons. The molecule has 0 aliphatic heterocycles. The zero-order valence-corrected chi connectivity index (χ0v) is 14.9. The van der Waals surface area contributed by atoms with Crippen molar-refractivity contribution < 1.29 is 4.79 Å². The summed E-state index contributed by atoms with van der Waals surface area (Å²) < 4.78 is 0. The number of rotatable bonds is 4. The van der Waals surface area contributed by atoms with Gasteiger partial charge in [-0.05, 0) is 37.6 Å². The summed E-state index contributed by atoms with van der Waals surface area (Å²) in [6.45, 7) is 3.78. The van der Waals surface area contributed by atoms with Gasteiger partial charge in [0.25, 0.3) is 5.91 Å². The molecule has 1 unspecified atom stereocenters. The fourth-order valence-corrected chi connectivity index (χ4v) is 3.49. The predicted molar refractivity (Wildman–Crippen MR) is 97.4 cm³/mol. The Morgan fingerprint density at radius 1 is 1.29 bits per heavy atom. The van der Waals surface area contributed by atoms with E-state index in [1.807, 2.05) is 50.2 Å². The monoisotopic (exact) mass is 357 g/mol. The minimum Gasteiger partial charge on any atom is -0.345 e. The first-order chi connectivity index (χ1) is 11.5. The van der Waals surface area contributed by atoms with Crippen molar-refractivity contribution >= 4 is 28.8 Å². The number of aryl methyl sites for hydroxylation is 1. The number of nitrogens with zero attached hydrogens (tertiary/aromatic N) is 2. The number of hydrogen-bond donors (Lipinski definition) is 1. The smallest absolute Gasteiger partial charge is 0.263 e. The molecule has 2 heterocycles. The van der Waals surface area contributed by atoms with Gasteiger partial charge in [0.15, 0.2) is 0 Å². The van der Waals surface area contributed by atoms with Crippen LogP contribution in [0.5, 0.6) is 0 Å². The maximum absolute atomic E-state index is 12.6. The second-order valence-electron chi connectivity index (χ2n) is 5.43. The molecule has 0 aliphatic carbocycles. The lowest BCUT2D eigenvalue weighted by molar-refractivity contribution is 0.0943. The third kappa shape index (κ3) is 3.63. The van der Waals surface area contributed by atoms with E-state index in [0.717, 1.165) is 16.1 Å². The first-order valence-electron chi connectivity index (χ1n) is 7.49. The van der Waals surface area contributed by atoms with E-state index >= 15 is 0 Å². The maximum atomic E-state index is 12.6. The average molecular weight is 358 g/mol. The van der Waals surface area contributed by atoms with Gasteiger partial charge in [0.05, 0.1) is 11.7 Å².